The van der Waals surface area contributed by atoms with Gasteiger partial charge >= 0.3 is 0 Å². The summed E-state index contributed by atoms with van der Waals surface area (Å²) in [5, 5.41) is 1.44. The van der Waals surface area contributed by atoms with E-state index < -0.39 is 0 Å². The average molecular weight is 403 g/mol. The number of ether oxygens (including phenoxy) is 2. The minimum atomic E-state index is -0.0286. The number of benzene rings is 2. The molecule has 0 bridgehead atoms. The molecule has 0 aliphatic rings. The Bertz CT molecular complexity index is 929. The van der Waals surface area contributed by atoms with Gasteiger partial charge in [-0.15, -0.1) is 0 Å². The molecule has 3 rings (SSSR count). The highest BCUT2D eigenvalue weighted by atomic mass is 79.9. The third-order valence-electron chi connectivity index (χ3n) is 3.99. The Morgan fingerprint density at radius 2 is 1.80 bits per heavy atom. The summed E-state index contributed by atoms with van der Waals surface area (Å²) in [6.45, 7) is 2.39. The molecule has 0 amide bonds. The highest BCUT2D eigenvalue weighted by Gasteiger charge is 2.13. The van der Waals surface area contributed by atoms with E-state index in [-0.39, 0.29) is 5.43 Å². The van der Waals surface area contributed by atoms with E-state index in [9.17, 15) is 4.79 Å². The molecule has 0 saturated carbocycles. The first-order valence-corrected chi connectivity index (χ1v) is 9.17. The normalized spacial score (nSPS) is 10.8. The summed E-state index contributed by atoms with van der Waals surface area (Å²) in [6, 6.07) is 12.8. The van der Waals surface area contributed by atoms with Crippen molar-refractivity contribution in [1.82, 2.24) is 0 Å². The van der Waals surface area contributed by atoms with Crippen molar-refractivity contribution in [3.05, 3.63) is 58.3 Å². The topological polar surface area (TPSA) is 48.7 Å². The van der Waals surface area contributed by atoms with Gasteiger partial charge in [0.25, 0.3) is 0 Å². The van der Waals surface area contributed by atoms with Crippen molar-refractivity contribution in [2.75, 3.05) is 19.0 Å². The standard InChI is InChI=1S/C20H19BrO4/c1-13-19(22)17-9-8-16(24-11-3-10-21)12-18(17)25-20(13)14-4-6-15(23-2)7-5-14/h4-9,12H,3,10-11H2,1-2H3. The summed E-state index contributed by atoms with van der Waals surface area (Å²) in [5.41, 5.74) is 1.92. The van der Waals surface area contributed by atoms with Crippen LogP contribution in [0.15, 0.2) is 51.7 Å². The van der Waals surface area contributed by atoms with E-state index in [4.69, 9.17) is 13.9 Å². The lowest BCUT2D eigenvalue weighted by atomic mass is 10.1. The molecule has 0 radical (unpaired) electrons. The summed E-state index contributed by atoms with van der Waals surface area (Å²) in [4.78, 5) is 12.7. The van der Waals surface area contributed by atoms with E-state index >= 15 is 0 Å². The number of methoxy groups -OCH3 is 1. The predicted octanol–water partition coefficient (Wildman–Crippen LogP) is 4.94. The molecule has 0 unspecified atom stereocenters. The zero-order valence-corrected chi connectivity index (χ0v) is 15.8. The first kappa shape index (κ1) is 17.5. The molecule has 1 aromatic heterocycles. The minimum Gasteiger partial charge on any atom is -0.497 e. The van der Waals surface area contributed by atoms with Crippen molar-refractivity contribution in [2.24, 2.45) is 0 Å². The summed E-state index contributed by atoms with van der Waals surface area (Å²) in [5.74, 6) is 2.02. The smallest absolute Gasteiger partial charge is 0.196 e. The highest BCUT2D eigenvalue weighted by Crippen LogP contribution is 2.28. The SMILES string of the molecule is COc1ccc(-c2oc3cc(OCCCBr)ccc3c(=O)c2C)cc1. The van der Waals surface area contributed by atoms with E-state index in [1.165, 1.54) is 0 Å². The van der Waals surface area contributed by atoms with Crippen molar-refractivity contribution in [2.45, 2.75) is 13.3 Å². The molecule has 4 nitrogen and oxygen atoms in total. The summed E-state index contributed by atoms with van der Waals surface area (Å²) < 4.78 is 16.9. The van der Waals surface area contributed by atoms with Crippen LogP contribution in [-0.2, 0) is 0 Å². The quantitative estimate of drug-likeness (QED) is 0.432. The van der Waals surface area contributed by atoms with E-state index in [2.05, 4.69) is 15.9 Å². The number of fused-ring (bicyclic) bond motifs is 1. The van der Waals surface area contributed by atoms with Gasteiger partial charge in [-0.2, -0.15) is 0 Å². The number of hydrogen-bond acceptors (Lipinski definition) is 4. The molecule has 1 heterocycles. The molecule has 130 valence electrons. The van der Waals surface area contributed by atoms with Crippen LogP contribution in [0.4, 0.5) is 0 Å². The van der Waals surface area contributed by atoms with Crippen LogP contribution in [0, 0.1) is 6.92 Å². The van der Waals surface area contributed by atoms with Crippen LogP contribution in [0.3, 0.4) is 0 Å². The van der Waals surface area contributed by atoms with Gasteiger partial charge < -0.3 is 13.9 Å². The second-order valence-electron chi connectivity index (χ2n) is 5.66. The van der Waals surface area contributed by atoms with E-state index in [0.29, 0.717) is 34.6 Å². The lowest BCUT2D eigenvalue weighted by Crippen LogP contribution is -2.07. The molecule has 25 heavy (non-hydrogen) atoms. The maximum absolute atomic E-state index is 12.7. The number of rotatable bonds is 6. The van der Waals surface area contributed by atoms with Gasteiger partial charge in [0, 0.05) is 22.5 Å². The lowest BCUT2D eigenvalue weighted by Gasteiger charge is -2.10. The molecular weight excluding hydrogens is 384 g/mol. The van der Waals surface area contributed by atoms with Crippen LogP contribution in [0.2, 0.25) is 0 Å². The van der Waals surface area contributed by atoms with E-state index in [1.807, 2.05) is 24.3 Å². The molecular formula is C20H19BrO4. The van der Waals surface area contributed by atoms with Gasteiger partial charge in [-0.3, -0.25) is 4.79 Å². The number of hydrogen-bond donors (Lipinski definition) is 0. The maximum atomic E-state index is 12.7. The maximum Gasteiger partial charge on any atom is 0.196 e. The fourth-order valence-corrected chi connectivity index (χ4v) is 2.85. The highest BCUT2D eigenvalue weighted by molar-refractivity contribution is 9.09. The van der Waals surface area contributed by atoms with Gasteiger partial charge in [-0.25, -0.2) is 0 Å². The van der Waals surface area contributed by atoms with Crippen LogP contribution in [0.5, 0.6) is 11.5 Å². The van der Waals surface area contributed by atoms with Crippen molar-refractivity contribution in [3.8, 4) is 22.8 Å². The van der Waals surface area contributed by atoms with Gasteiger partial charge in [0.2, 0.25) is 0 Å². The van der Waals surface area contributed by atoms with Crippen molar-refractivity contribution in [1.29, 1.82) is 0 Å². The molecule has 0 saturated heterocycles. The van der Waals surface area contributed by atoms with Crippen LogP contribution >= 0.6 is 15.9 Å². The third-order valence-corrected chi connectivity index (χ3v) is 4.55. The molecule has 0 N–H and O–H groups in total. The van der Waals surface area contributed by atoms with Gasteiger partial charge in [-0.05, 0) is 49.7 Å². The van der Waals surface area contributed by atoms with Gasteiger partial charge in [0.05, 0.1) is 19.1 Å². The van der Waals surface area contributed by atoms with Crippen LogP contribution in [0.1, 0.15) is 12.0 Å². The molecule has 0 fully saturated rings. The third kappa shape index (κ3) is 3.71. The van der Waals surface area contributed by atoms with Crippen LogP contribution in [-0.4, -0.2) is 19.0 Å². The summed E-state index contributed by atoms with van der Waals surface area (Å²) in [6.07, 6.45) is 0.910. The monoisotopic (exact) mass is 402 g/mol. The molecule has 0 atom stereocenters. The van der Waals surface area contributed by atoms with E-state index in [1.54, 1.807) is 32.2 Å². The van der Waals surface area contributed by atoms with Gasteiger partial charge in [-0.1, -0.05) is 15.9 Å². The second kappa shape index (κ2) is 7.74. The minimum absolute atomic E-state index is 0.0286. The second-order valence-corrected chi connectivity index (χ2v) is 6.46. The Labute approximate surface area is 154 Å². The first-order chi connectivity index (χ1) is 12.1. The summed E-state index contributed by atoms with van der Waals surface area (Å²) >= 11 is 3.38. The molecule has 3 aromatic rings. The number of halogens is 1. The Hall–Kier alpha value is -2.27. The molecule has 2 aromatic carbocycles. The Balaban J connectivity index is 2.05. The van der Waals surface area contributed by atoms with Crippen molar-refractivity contribution in [3.63, 3.8) is 0 Å². The molecule has 0 aliphatic carbocycles. The Morgan fingerprint density at radius 3 is 2.48 bits per heavy atom. The summed E-state index contributed by atoms with van der Waals surface area (Å²) in [7, 11) is 1.62. The molecule has 0 aliphatic heterocycles. The average Bonchev–Trinajstić information content (AvgIpc) is 2.65. The largest absolute Gasteiger partial charge is 0.497 e. The van der Waals surface area contributed by atoms with E-state index in [0.717, 1.165) is 23.1 Å². The fourth-order valence-electron chi connectivity index (χ4n) is 2.62. The van der Waals surface area contributed by atoms with Crippen LogP contribution < -0.4 is 14.9 Å². The van der Waals surface area contributed by atoms with Gasteiger partial charge in [0.1, 0.15) is 22.8 Å². The molecule has 5 heteroatoms. The van der Waals surface area contributed by atoms with Gasteiger partial charge in [0.15, 0.2) is 5.43 Å². The Morgan fingerprint density at radius 1 is 1.08 bits per heavy atom. The first-order valence-electron chi connectivity index (χ1n) is 8.04. The zero-order chi connectivity index (χ0) is 17.8. The Kier molecular flexibility index (Phi) is 5.43. The lowest BCUT2D eigenvalue weighted by molar-refractivity contribution is 0.319. The molecule has 0 spiro atoms. The zero-order valence-electron chi connectivity index (χ0n) is 14.2. The fraction of sp³-hybridized carbons (Fsp3) is 0.250. The number of alkyl halides is 1. The predicted molar refractivity (Wildman–Crippen MR) is 103 cm³/mol. The van der Waals surface area contributed by atoms with Crippen molar-refractivity contribution >= 4 is 26.9 Å². The van der Waals surface area contributed by atoms with Crippen molar-refractivity contribution < 1.29 is 13.9 Å². The van der Waals surface area contributed by atoms with Crippen LogP contribution in [0.25, 0.3) is 22.3 Å².